The van der Waals surface area contributed by atoms with Crippen LogP contribution < -0.4 is 24.5 Å². The summed E-state index contributed by atoms with van der Waals surface area (Å²) >= 11 is 6.19. The number of halogens is 1. The molecule has 3 aromatic carbocycles. The number of anilines is 1. The van der Waals surface area contributed by atoms with Crippen molar-refractivity contribution < 1.29 is 23.4 Å². The van der Waals surface area contributed by atoms with E-state index >= 15 is 0 Å². The van der Waals surface area contributed by atoms with E-state index in [9.17, 15) is 9.59 Å². The van der Waals surface area contributed by atoms with Gasteiger partial charge in [-0.3, -0.25) is 14.5 Å². The number of unbranched alkanes of at least 4 members (excludes halogenated alkanes) is 2. The van der Waals surface area contributed by atoms with Gasteiger partial charge in [-0.15, -0.1) is 0 Å². The van der Waals surface area contributed by atoms with Gasteiger partial charge < -0.3 is 18.6 Å². The lowest BCUT2D eigenvalue weighted by Crippen LogP contribution is -2.29. The van der Waals surface area contributed by atoms with Crippen LogP contribution in [0.1, 0.15) is 53.9 Å². The highest BCUT2D eigenvalue weighted by atomic mass is 35.5. The number of benzene rings is 3. The molecule has 1 aliphatic heterocycles. The molecule has 0 fully saturated rings. The molecule has 0 saturated heterocycles. The number of hydrogen-bond acceptors (Lipinski definition) is 6. The van der Waals surface area contributed by atoms with Crippen LogP contribution in [0.4, 0.5) is 5.69 Å². The normalized spacial score (nSPS) is 14.6. The van der Waals surface area contributed by atoms with Crippen LogP contribution in [0.25, 0.3) is 11.0 Å². The summed E-state index contributed by atoms with van der Waals surface area (Å²) in [7, 11) is 3.14. The molecule has 0 spiro atoms. The van der Waals surface area contributed by atoms with Gasteiger partial charge in [0.15, 0.2) is 16.9 Å². The van der Waals surface area contributed by atoms with Crippen molar-refractivity contribution in [2.24, 2.45) is 0 Å². The minimum atomic E-state index is -0.756. The van der Waals surface area contributed by atoms with Gasteiger partial charge in [0.2, 0.25) is 5.76 Å². The van der Waals surface area contributed by atoms with Gasteiger partial charge in [-0.05, 0) is 66.6 Å². The summed E-state index contributed by atoms with van der Waals surface area (Å²) in [4.78, 5) is 29.2. The zero-order valence-electron chi connectivity index (χ0n) is 21.5. The molecule has 2 heterocycles. The number of rotatable bonds is 9. The fourth-order valence-electron chi connectivity index (χ4n) is 4.78. The zero-order chi connectivity index (χ0) is 26.8. The van der Waals surface area contributed by atoms with E-state index in [1.165, 1.54) is 0 Å². The SMILES string of the molecule is CCCCCOc1ccc(C2c3c(oc4ccc(Cl)cc4c3=O)C(=O)N2c2ccc(OC)cc2)cc1OC. The first-order valence-corrected chi connectivity index (χ1v) is 12.9. The van der Waals surface area contributed by atoms with Gasteiger partial charge in [-0.2, -0.15) is 0 Å². The summed E-state index contributed by atoms with van der Waals surface area (Å²) in [5.41, 5.74) is 1.51. The average Bonchev–Trinajstić information content (AvgIpc) is 3.23. The number of fused-ring (bicyclic) bond motifs is 2. The molecule has 196 valence electrons. The van der Waals surface area contributed by atoms with Gasteiger partial charge in [-0.1, -0.05) is 37.4 Å². The third-order valence-corrected chi connectivity index (χ3v) is 6.93. The lowest BCUT2D eigenvalue weighted by molar-refractivity contribution is 0.0971. The molecule has 0 aliphatic carbocycles. The van der Waals surface area contributed by atoms with Crippen molar-refractivity contribution in [3.63, 3.8) is 0 Å². The number of ether oxygens (including phenoxy) is 3. The van der Waals surface area contributed by atoms with Crippen molar-refractivity contribution in [3.8, 4) is 17.2 Å². The first-order valence-electron chi connectivity index (χ1n) is 12.5. The van der Waals surface area contributed by atoms with E-state index in [0.29, 0.717) is 51.1 Å². The van der Waals surface area contributed by atoms with Crippen molar-refractivity contribution >= 4 is 34.2 Å². The van der Waals surface area contributed by atoms with Gasteiger partial charge >= 0.3 is 0 Å². The number of methoxy groups -OCH3 is 2. The maximum absolute atomic E-state index is 13.8. The Labute approximate surface area is 225 Å². The van der Waals surface area contributed by atoms with Crippen LogP contribution >= 0.6 is 11.6 Å². The second-order valence-corrected chi connectivity index (χ2v) is 9.49. The van der Waals surface area contributed by atoms with E-state index in [1.54, 1.807) is 67.7 Å². The third-order valence-electron chi connectivity index (χ3n) is 6.69. The smallest absolute Gasteiger partial charge is 0.295 e. The van der Waals surface area contributed by atoms with E-state index in [1.807, 2.05) is 12.1 Å². The van der Waals surface area contributed by atoms with Crippen LogP contribution in [0.3, 0.4) is 0 Å². The fraction of sp³-hybridized carbons (Fsp3) is 0.267. The molecule has 0 N–H and O–H groups in total. The topological polar surface area (TPSA) is 78.2 Å². The zero-order valence-corrected chi connectivity index (χ0v) is 22.2. The van der Waals surface area contributed by atoms with Crippen molar-refractivity contribution in [2.45, 2.75) is 32.2 Å². The van der Waals surface area contributed by atoms with E-state index in [-0.39, 0.29) is 16.8 Å². The first kappa shape index (κ1) is 25.7. The van der Waals surface area contributed by atoms with Gasteiger partial charge in [0.05, 0.1) is 37.8 Å². The quantitative estimate of drug-likeness (QED) is 0.221. The molecule has 1 unspecified atom stereocenters. The summed E-state index contributed by atoms with van der Waals surface area (Å²) in [5.74, 6) is 1.36. The number of hydrogen-bond donors (Lipinski definition) is 0. The molecule has 5 rings (SSSR count). The van der Waals surface area contributed by atoms with Crippen molar-refractivity contribution in [1.82, 2.24) is 0 Å². The molecule has 0 saturated carbocycles. The van der Waals surface area contributed by atoms with E-state index in [2.05, 4.69) is 6.92 Å². The molecule has 1 atom stereocenters. The molecular weight excluding hydrogens is 506 g/mol. The summed E-state index contributed by atoms with van der Waals surface area (Å²) < 4.78 is 22.9. The monoisotopic (exact) mass is 533 g/mol. The predicted molar refractivity (Wildman–Crippen MR) is 147 cm³/mol. The Balaban J connectivity index is 1.66. The molecule has 1 aliphatic rings. The summed E-state index contributed by atoms with van der Waals surface area (Å²) in [6.07, 6.45) is 3.11. The van der Waals surface area contributed by atoms with Crippen LogP contribution in [0, 0.1) is 0 Å². The molecule has 38 heavy (non-hydrogen) atoms. The van der Waals surface area contributed by atoms with Gasteiger partial charge in [0, 0.05) is 10.7 Å². The Kier molecular flexibility index (Phi) is 7.29. The van der Waals surface area contributed by atoms with Crippen molar-refractivity contribution in [1.29, 1.82) is 0 Å². The number of carbonyl (C=O) groups excluding carboxylic acids is 1. The average molecular weight is 534 g/mol. The molecule has 0 radical (unpaired) electrons. The van der Waals surface area contributed by atoms with Gasteiger partial charge in [0.1, 0.15) is 11.3 Å². The second-order valence-electron chi connectivity index (χ2n) is 9.06. The van der Waals surface area contributed by atoms with Crippen LogP contribution in [-0.4, -0.2) is 26.7 Å². The number of carbonyl (C=O) groups is 1. The summed E-state index contributed by atoms with van der Waals surface area (Å²) in [6.45, 7) is 2.71. The lowest BCUT2D eigenvalue weighted by atomic mass is 9.97. The largest absolute Gasteiger partial charge is 0.497 e. The Morgan fingerprint density at radius 3 is 2.42 bits per heavy atom. The summed E-state index contributed by atoms with van der Waals surface area (Å²) in [5, 5.41) is 0.720. The van der Waals surface area contributed by atoms with Crippen molar-refractivity contribution in [2.75, 3.05) is 25.7 Å². The van der Waals surface area contributed by atoms with Crippen LogP contribution in [0.5, 0.6) is 17.2 Å². The molecule has 1 aromatic heterocycles. The lowest BCUT2D eigenvalue weighted by Gasteiger charge is -2.26. The Hall–Kier alpha value is -3.97. The number of nitrogens with zero attached hydrogens (tertiary/aromatic N) is 1. The predicted octanol–water partition coefficient (Wildman–Crippen LogP) is 6.78. The second kappa shape index (κ2) is 10.8. The van der Waals surface area contributed by atoms with Crippen LogP contribution in [-0.2, 0) is 0 Å². The first-order chi connectivity index (χ1) is 18.5. The molecular formula is C30H28ClNO6. The van der Waals surface area contributed by atoms with E-state index < -0.39 is 11.9 Å². The highest BCUT2D eigenvalue weighted by molar-refractivity contribution is 6.31. The number of amides is 1. The minimum absolute atomic E-state index is 0.00417. The minimum Gasteiger partial charge on any atom is -0.497 e. The molecule has 7 nitrogen and oxygen atoms in total. The Morgan fingerprint density at radius 1 is 0.921 bits per heavy atom. The van der Waals surface area contributed by atoms with E-state index in [4.69, 9.17) is 30.2 Å². The van der Waals surface area contributed by atoms with Gasteiger partial charge in [-0.25, -0.2) is 0 Å². The molecule has 0 bridgehead atoms. The van der Waals surface area contributed by atoms with Gasteiger partial charge in [0.25, 0.3) is 5.91 Å². The highest BCUT2D eigenvalue weighted by Gasteiger charge is 2.44. The maximum Gasteiger partial charge on any atom is 0.295 e. The Bertz CT molecular complexity index is 1550. The standard InChI is InChI=1S/C30H28ClNO6/c1-4-5-6-15-37-24-13-7-18(16-25(24)36-3)27-26-28(33)22-17-19(31)8-14-23(22)38-29(26)30(34)32(27)20-9-11-21(35-2)12-10-20/h7-14,16-17,27H,4-6,15H2,1-3H3. The maximum atomic E-state index is 13.8. The van der Waals surface area contributed by atoms with Crippen LogP contribution in [0.15, 0.2) is 69.9 Å². The third kappa shape index (κ3) is 4.58. The molecule has 4 aromatic rings. The molecule has 1 amide bonds. The molecule has 8 heteroatoms. The highest BCUT2D eigenvalue weighted by Crippen LogP contribution is 2.43. The summed E-state index contributed by atoms with van der Waals surface area (Å²) in [6, 6.07) is 16.6. The Morgan fingerprint density at radius 2 is 1.71 bits per heavy atom. The fourth-order valence-corrected chi connectivity index (χ4v) is 4.95. The van der Waals surface area contributed by atoms with E-state index in [0.717, 1.165) is 19.3 Å². The van der Waals surface area contributed by atoms with Crippen molar-refractivity contribution in [3.05, 3.63) is 92.8 Å². The van der Waals surface area contributed by atoms with Crippen LogP contribution in [0.2, 0.25) is 5.02 Å².